The first-order valence-electron chi connectivity index (χ1n) is 13.1. The van der Waals surface area contributed by atoms with Crippen molar-refractivity contribution in [3.05, 3.63) is 52.9 Å². The summed E-state index contributed by atoms with van der Waals surface area (Å²) in [6.07, 6.45) is 14.7. The van der Waals surface area contributed by atoms with Crippen molar-refractivity contribution >= 4 is 17.8 Å². The highest BCUT2D eigenvalue weighted by Gasteiger charge is 2.33. The highest BCUT2D eigenvalue weighted by atomic mass is 16.3. The average molecular weight is 475 g/mol. The molecule has 0 radical (unpaired) electrons. The molecule has 1 amide bonds. The number of aromatic hydroxyl groups is 1. The van der Waals surface area contributed by atoms with Gasteiger partial charge in [-0.1, -0.05) is 32.9 Å². The number of fused-ring (bicyclic) bond motifs is 1. The van der Waals surface area contributed by atoms with Gasteiger partial charge in [-0.3, -0.25) is 9.48 Å². The average Bonchev–Trinajstić information content (AvgIpc) is 3.51. The molecule has 1 heterocycles. The van der Waals surface area contributed by atoms with Crippen molar-refractivity contribution in [3.8, 4) is 5.75 Å². The second kappa shape index (κ2) is 9.29. The Hall–Kier alpha value is -2.89. The second-order valence-corrected chi connectivity index (χ2v) is 11.9. The first-order valence-corrected chi connectivity index (χ1v) is 13.1. The van der Waals surface area contributed by atoms with E-state index in [2.05, 4.69) is 36.9 Å². The van der Waals surface area contributed by atoms with E-state index < -0.39 is 0 Å². The number of nitrogens with two attached hydrogens (primary N) is 1. The van der Waals surface area contributed by atoms with Crippen molar-refractivity contribution in [1.82, 2.24) is 9.78 Å². The largest absolute Gasteiger partial charge is 0.508 e. The lowest BCUT2D eigenvalue weighted by molar-refractivity contribution is 0.100. The third kappa shape index (κ3) is 5.21. The molecular weight excluding hydrogens is 436 g/mol. The SMILES string of the molecule is CC(C)(C)[C@H]1C=C(N)c2c(ccc(O)c2C2CCC(/C=N\C(=O)c3cnn(CC4CC4)c3)CC2)C1. The van der Waals surface area contributed by atoms with Crippen LogP contribution in [-0.2, 0) is 13.0 Å². The molecule has 5 rings (SSSR count). The number of aromatic nitrogens is 2. The van der Waals surface area contributed by atoms with Gasteiger partial charge < -0.3 is 10.8 Å². The van der Waals surface area contributed by atoms with Crippen LogP contribution in [0.1, 0.15) is 92.3 Å². The van der Waals surface area contributed by atoms with Crippen molar-refractivity contribution in [2.24, 2.45) is 33.9 Å². The number of carbonyl (C=O) groups excluding carboxylic acids is 1. The maximum absolute atomic E-state index is 12.5. The Kier molecular flexibility index (Phi) is 6.32. The first-order chi connectivity index (χ1) is 16.7. The topological polar surface area (TPSA) is 93.5 Å². The summed E-state index contributed by atoms with van der Waals surface area (Å²) in [5.41, 5.74) is 11.4. The van der Waals surface area contributed by atoms with Crippen LogP contribution < -0.4 is 5.73 Å². The molecule has 1 aromatic heterocycles. The van der Waals surface area contributed by atoms with Crippen molar-refractivity contribution < 1.29 is 9.90 Å². The van der Waals surface area contributed by atoms with Gasteiger partial charge in [-0.2, -0.15) is 5.10 Å². The van der Waals surface area contributed by atoms with E-state index in [9.17, 15) is 9.90 Å². The molecule has 0 spiro atoms. The molecule has 0 saturated heterocycles. The number of hydrogen-bond donors (Lipinski definition) is 2. The highest BCUT2D eigenvalue weighted by Crippen LogP contribution is 2.46. The normalized spacial score (nSPS) is 24.9. The number of benzene rings is 1. The quantitative estimate of drug-likeness (QED) is 0.544. The van der Waals surface area contributed by atoms with E-state index in [4.69, 9.17) is 5.73 Å². The minimum absolute atomic E-state index is 0.144. The molecule has 0 unspecified atom stereocenters. The molecule has 3 aliphatic rings. The van der Waals surface area contributed by atoms with Gasteiger partial charge in [0.15, 0.2) is 0 Å². The van der Waals surface area contributed by atoms with Crippen LogP contribution in [-0.4, -0.2) is 27.0 Å². The van der Waals surface area contributed by atoms with Gasteiger partial charge in [-0.15, -0.1) is 0 Å². The summed E-state index contributed by atoms with van der Waals surface area (Å²) in [6.45, 7) is 7.65. The number of rotatable bonds is 5. The molecule has 1 aromatic carbocycles. The smallest absolute Gasteiger partial charge is 0.279 e. The first kappa shape index (κ1) is 23.8. The van der Waals surface area contributed by atoms with Crippen LogP contribution >= 0.6 is 0 Å². The fraction of sp³-hybridized carbons (Fsp3) is 0.552. The fourth-order valence-electron chi connectivity index (χ4n) is 5.67. The van der Waals surface area contributed by atoms with Crippen LogP contribution in [0.4, 0.5) is 0 Å². The predicted octanol–water partition coefficient (Wildman–Crippen LogP) is 5.70. The molecule has 3 N–H and O–H groups in total. The monoisotopic (exact) mass is 474 g/mol. The third-order valence-corrected chi connectivity index (χ3v) is 8.14. The summed E-state index contributed by atoms with van der Waals surface area (Å²) in [6, 6.07) is 3.89. The van der Waals surface area contributed by atoms with E-state index in [-0.39, 0.29) is 23.2 Å². The number of phenolic OH excluding ortho intramolecular Hbond substituents is 1. The molecule has 6 nitrogen and oxygen atoms in total. The molecule has 35 heavy (non-hydrogen) atoms. The third-order valence-electron chi connectivity index (χ3n) is 8.14. The number of carbonyl (C=O) groups is 1. The second-order valence-electron chi connectivity index (χ2n) is 11.9. The predicted molar refractivity (Wildman–Crippen MR) is 139 cm³/mol. The van der Waals surface area contributed by atoms with Gasteiger partial charge in [-0.25, -0.2) is 4.99 Å². The van der Waals surface area contributed by atoms with Crippen LogP contribution in [0.2, 0.25) is 0 Å². The van der Waals surface area contributed by atoms with E-state index in [0.29, 0.717) is 17.2 Å². The Morgan fingerprint density at radius 2 is 1.94 bits per heavy atom. The summed E-state index contributed by atoms with van der Waals surface area (Å²) in [7, 11) is 0. The minimum Gasteiger partial charge on any atom is -0.508 e. The Bertz CT molecular complexity index is 1160. The maximum Gasteiger partial charge on any atom is 0.279 e. The van der Waals surface area contributed by atoms with Crippen molar-refractivity contribution in [2.45, 2.75) is 78.2 Å². The number of allylic oxidation sites excluding steroid dienone is 1. The van der Waals surface area contributed by atoms with Gasteiger partial charge in [0.1, 0.15) is 5.75 Å². The number of nitrogens with zero attached hydrogens (tertiary/aromatic N) is 3. The molecule has 0 aliphatic heterocycles. The molecule has 1 atom stereocenters. The Labute approximate surface area is 208 Å². The van der Waals surface area contributed by atoms with Gasteiger partial charge >= 0.3 is 0 Å². The van der Waals surface area contributed by atoms with Crippen LogP contribution in [0, 0.1) is 23.2 Å². The molecule has 186 valence electrons. The number of phenols is 1. The van der Waals surface area contributed by atoms with E-state index in [0.717, 1.165) is 61.4 Å². The van der Waals surface area contributed by atoms with Gasteiger partial charge in [0, 0.05) is 35.8 Å². The van der Waals surface area contributed by atoms with Crippen LogP contribution in [0.3, 0.4) is 0 Å². The summed E-state index contributed by atoms with van der Waals surface area (Å²) in [5.74, 6) is 1.79. The van der Waals surface area contributed by atoms with E-state index in [1.165, 1.54) is 18.4 Å². The number of hydrogen-bond acceptors (Lipinski definition) is 4. The van der Waals surface area contributed by atoms with E-state index >= 15 is 0 Å². The van der Waals surface area contributed by atoms with Crippen LogP contribution in [0.15, 0.2) is 35.6 Å². The van der Waals surface area contributed by atoms with Crippen molar-refractivity contribution in [2.75, 3.05) is 0 Å². The highest BCUT2D eigenvalue weighted by molar-refractivity contribution is 5.98. The molecule has 2 saturated carbocycles. The fourth-order valence-corrected chi connectivity index (χ4v) is 5.67. The Balaban J connectivity index is 1.24. The van der Waals surface area contributed by atoms with E-state index in [1.807, 2.05) is 29.2 Å². The Morgan fingerprint density at radius 1 is 1.20 bits per heavy atom. The van der Waals surface area contributed by atoms with Gasteiger partial charge in [0.25, 0.3) is 5.91 Å². The summed E-state index contributed by atoms with van der Waals surface area (Å²) < 4.78 is 1.86. The maximum atomic E-state index is 12.5. The zero-order valence-electron chi connectivity index (χ0n) is 21.2. The summed E-state index contributed by atoms with van der Waals surface area (Å²) in [5, 5.41) is 15.1. The summed E-state index contributed by atoms with van der Waals surface area (Å²) in [4.78, 5) is 16.8. The lowest BCUT2D eigenvalue weighted by Crippen LogP contribution is -2.27. The molecular formula is C29H38N4O2. The molecule has 2 fully saturated rings. The molecule has 6 heteroatoms. The van der Waals surface area contributed by atoms with Crippen LogP contribution in [0.25, 0.3) is 5.70 Å². The summed E-state index contributed by atoms with van der Waals surface area (Å²) >= 11 is 0. The minimum atomic E-state index is -0.213. The number of amides is 1. The van der Waals surface area contributed by atoms with Gasteiger partial charge in [0.2, 0.25) is 0 Å². The van der Waals surface area contributed by atoms with Crippen molar-refractivity contribution in [3.63, 3.8) is 0 Å². The van der Waals surface area contributed by atoms with Gasteiger partial charge in [-0.05, 0) is 85.7 Å². The molecule has 0 bridgehead atoms. The van der Waals surface area contributed by atoms with Crippen molar-refractivity contribution in [1.29, 1.82) is 0 Å². The lowest BCUT2D eigenvalue weighted by atomic mass is 9.70. The lowest BCUT2D eigenvalue weighted by Gasteiger charge is -2.35. The molecule has 2 aromatic rings. The zero-order valence-corrected chi connectivity index (χ0v) is 21.2. The van der Waals surface area contributed by atoms with Gasteiger partial charge in [0.05, 0.1) is 11.8 Å². The van der Waals surface area contributed by atoms with Crippen LogP contribution in [0.5, 0.6) is 5.75 Å². The number of aliphatic imine (C=N–C) groups is 1. The zero-order chi connectivity index (χ0) is 24.7. The van der Waals surface area contributed by atoms with E-state index in [1.54, 1.807) is 6.20 Å². The molecule has 3 aliphatic carbocycles. The standard InChI is InChI=1S/C29H38N4O2/c1-29(2,3)23-12-21-10-11-25(34)27(26(21)24(30)13-23)20-8-6-18(7-9-20)14-31-28(35)22-15-32-33(17-22)16-19-4-5-19/h10-11,13-15,17-20,23,34H,4-9,12,16,30H2,1-3H3/b31-14-/t18?,20?,23-/m1/s1. The Morgan fingerprint density at radius 3 is 2.63 bits per heavy atom.